The number of hydrogen-bond donors (Lipinski definition) is 3. The Bertz CT molecular complexity index is 3040. The van der Waals surface area contributed by atoms with E-state index in [0.29, 0.717) is 112 Å². The van der Waals surface area contributed by atoms with Crippen LogP contribution in [0.15, 0.2) is 89.7 Å². The Morgan fingerprint density at radius 3 is 2.17 bits per heavy atom. The summed E-state index contributed by atoms with van der Waals surface area (Å²) >= 11 is 0. The molecule has 3 N–H and O–H groups in total. The molecule has 4 saturated heterocycles. The predicted octanol–water partition coefficient (Wildman–Crippen LogP) is 4.53. The van der Waals surface area contributed by atoms with Crippen molar-refractivity contribution in [2.45, 2.75) is 62.9 Å². The first-order valence-corrected chi connectivity index (χ1v) is 26.7. The lowest BCUT2D eigenvalue weighted by atomic mass is 9.89. The topological polar surface area (TPSA) is 175 Å². The second kappa shape index (κ2) is 23.1. The second-order valence-electron chi connectivity index (χ2n) is 21.2. The third-order valence-electron chi connectivity index (χ3n) is 16.1. The van der Waals surface area contributed by atoms with Crippen molar-refractivity contribution < 1.29 is 37.1 Å². The molecule has 5 aromatic rings. The molecule has 16 nitrogen and oxygen atoms in total. The quantitative estimate of drug-likeness (QED) is 0.135. The van der Waals surface area contributed by atoms with Gasteiger partial charge in [-0.25, -0.2) is 18.3 Å². The molecular formula is C57H65F3N10O6. The molecule has 1 aromatic heterocycles. The van der Waals surface area contributed by atoms with Gasteiger partial charge in [0.1, 0.15) is 23.0 Å². The van der Waals surface area contributed by atoms with Crippen LogP contribution < -0.4 is 16.2 Å². The van der Waals surface area contributed by atoms with E-state index in [1.807, 2.05) is 35.2 Å². The third kappa shape index (κ3) is 12.2. The minimum atomic E-state index is -0.905. The van der Waals surface area contributed by atoms with Crippen LogP contribution in [0, 0.1) is 23.4 Å². The van der Waals surface area contributed by atoms with Crippen LogP contribution in [-0.4, -0.2) is 173 Å². The number of piperazine rings is 2. The Balaban J connectivity index is 0.624. The zero-order valence-corrected chi connectivity index (χ0v) is 42.7. The van der Waals surface area contributed by atoms with E-state index >= 15 is 4.39 Å². The number of rotatable bonds is 15. The summed E-state index contributed by atoms with van der Waals surface area (Å²) in [4.78, 5) is 91.8. The van der Waals surface area contributed by atoms with Gasteiger partial charge >= 0.3 is 0 Å². The van der Waals surface area contributed by atoms with E-state index in [0.717, 1.165) is 70.0 Å². The van der Waals surface area contributed by atoms with Crippen LogP contribution in [0.4, 0.5) is 13.2 Å². The largest absolute Gasteiger partial charge is 0.341 e. The molecule has 1 atom stereocenters. The number of H-pyrrole nitrogens is 1. The average Bonchev–Trinajstić information content (AvgIpc) is 4.26. The van der Waals surface area contributed by atoms with E-state index in [-0.39, 0.29) is 59.3 Å². The zero-order chi connectivity index (χ0) is 52.9. The maximum absolute atomic E-state index is 15.1. The summed E-state index contributed by atoms with van der Waals surface area (Å²) in [6, 6.07) is 22.4. The van der Waals surface area contributed by atoms with Gasteiger partial charge in [0.05, 0.1) is 29.7 Å². The number of nitrogens with one attached hydrogen (secondary N) is 3. The molecule has 5 aliphatic rings. The summed E-state index contributed by atoms with van der Waals surface area (Å²) in [7, 11) is 0. The van der Waals surface area contributed by atoms with E-state index in [9.17, 15) is 37.5 Å². The van der Waals surface area contributed by atoms with Crippen molar-refractivity contribution in [3.63, 3.8) is 0 Å². The fourth-order valence-electron chi connectivity index (χ4n) is 11.4. The molecule has 4 aliphatic heterocycles. The maximum atomic E-state index is 15.1. The molecule has 0 bridgehead atoms. The highest BCUT2D eigenvalue weighted by Crippen LogP contribution is 2.38. The normalized spacial score (nSPS) is 19.4. The first-order chi connectivity index (χ1) is 36.8. The smallest absolute Gasteiger partial charge is 0.272 e. The van der Waals surface area contributed by atoms with Crippen molar-refractivity contribution in [1.82, 2.24) is 50.2 Å². The highest BCUT2D eigenvalue weighted by Gasteiger charge is 2.53. The van der Waals surface area contributed by atoms with Gasteiger partial charge in [0.15, 0.2) is 0 Å². The average molecular weight is 1040 g/mol. The minimum absolute atomic E-state index is 0.0168. The summed E-state index contributed by atoms with van der Waals surface area (Å²) in [6.07, 6.45) is 5.05. The molecule has 1 unspecified atom stereocenters. The highest BCUT2D eigenvalue weighted by molar-refractivity contribution is 6.01. The van der Waals surface area contributed by atoms with Gasteiger partial charge in [-0.05, 0) is 105 Å². The summed E-state index contributed by atoms with van der Waals surface area (Å²) < 4.78 is 42.5. The summed E-state index contributed by atoms with van der Waals surface area (Å²) in [6.45, 7) is 8.05. The monoisotopic (exact) mass is 1040 g/mol. The van der Waals surface area contributed by atoms with Gasteiger partial charge in [0.25, 0.3) is 17.4 Å². The number of carbonyl (C=O) groups is 5. The number of carbonyl (C=O) groups excluding carboxylic acids is 5. The van der Waals surface area contributed by atoms with E-state index < -0.39 is 28.9 Å². The first-order valence-electron chi connectivity index (χ1n) is 26.7. The SMILES string of the molecule is O=C(NC1(C(=O)N2CCN(CC3CCN(CC(=O)N4CCN(C(=O)c5cc(Cc6n[nH]c(=O)c7ccccc67)ccc5F)CC4)CC3)CC2)CC1)c1cccc(C2CCCN(C(=O)CNCc3ccc(F)cc3F)C2)c1. The summed E-state index contributed by atoms with van der Waals surface area (Å²) in [5, 5.41) is 14.0. The Morgan fingerprint density at radius 2 is 1.42 bits per heavy atom. The van der Waals surface area contributed by atoms with Crippen LogP contribution in [0.3, 0.4) is 0 Å². The van der Waals surface area contributed by atoms with Crippen molar-refractivity contribution in [2.24, 2.45) is 5.92 Å². The van der Waals surface area contributed by atoms with Crippen LogP contribution in [0.1, 0.15) is 87.5 Å². The van der Waals surface area contributed by atoms with Gasteiger partial charge in [-0.1, -0.05) is 42.5 Å². The third-order valence-corrected chi connectivity index (χ3v) is 16.1. The maximum Gasteiger partial charge on any atom is 0.272 e. The fourth-order valence-corrected chi connectivity index (χ4v) is 11.4. The number of likely N-dealkylation sites (tertiary alicyclic amines) is 2. The number of nitrogens with zero attached hydrogens (tertiary/aromatic N) is 7. The number of benzene rings is 4. The molecule has 4 aromatic carbocycles. The molecule has 10 rings (SSSR count). The Hall–Kier alpha value is -6.96. The van der Waals surface area contributed by atoms with Gasteiger partial charge in [-0.2, -0.15) is 5.10 Å². The number of piperidine rings is 2. The van der Waals surface area contributed by atoms with E-state index in [4.69, 9.17) is 0 Å². The molecule has 1 saturated carbocycles. The van der Waals surface area contributed by atoms with Gasteiger partial charge in [-0.3, -0.25) is 38.6 Å². The highest BCUT2D eigenvalue weighted by atomic mass is 19.1. The molecule has 76 heavy (non-hydrogen) atoms. The number of aromatic nitrogens is 2. The lowest BCUT2D eigenvalue weighted by Gasteiger charge is -2.40. The molecule has 400 valence electrons. The van der Waals surface area contributed by atoms with Gasteiger partial charge < -0.3 is 30.2 Å². The molecule has 0 radical (unpaired) electrons. The zero-order valence-electron chi connectivity index (χ0n) is 42.7. The van der Waals surface area contributed by atoms with Crippen LogP contribution >= 0.6 is 0 Å². The van der Waals surface area contributed by atoms with Crippen LogP contribution in [0.5, 0.6) is 0 Å². The molecule has 0 spiro atoms. The molecular weight excluding hydrogens is 978 g/mol. The van der Waals surface area contributed by atoms with Crippen molar-refractivity contribution in [3.05, 3.63) is 146 Å². The van der Waals surface area contributed by atoms with E-state index in [1.165, 1.54) is 18.2 Å². The van der Waals surface area contributed by atoms with Crippen molar-refractivity contribution in [1.29, 1.82) is 0 Å². The van der Waals surface area contributed by atoms with Gasteiger partial charge in [0, 0.05) is 113 Å². The number of hydrogen-bond acceptors (Lipinski definition) is 10. The van der Waals surface area contributed by atoms with Crippen molar-refractivity contribution in [2.75, 3.05) is 98.2 Å². The summed E-state index contributed by atoms with van der Waals surface area (Å²) in [5.41, 5.74) is 1.78. The first kappa shape index (κ1) is 52.5. The molecule has 5 heterocycles. The van der Waals surface area contributed by atoms with Gasteiger partial charge in [-0.15, -0.1) is 0 Å². The Labute approximate surface area is 439 Å². The lowest BCUT2D eigenvalue weighted by molar-refractivity contribution is -0.136. The van der Waals surface area contributed by atoms with Crippen LogP contribution in [0.2, 0.25) is 0 Å². The van der Waals surface area contributed by atoms with Crippen molar-refractivity contribution in [3.8, 4) is 0 Å². The van der Waals surface area contributed by atoms with E-state index in [2.05, 4.69) is 30.6 Å². The van der Waals surface area contributed by atoms with E-state index in [1.54, 1.807) is 45.0 Å². The van der Waals surface area contributed by atoms with Gasteiger partial charge in [0.2, 0.25) is 17.7 Å². The molecule has 5 amide bonds. The lowest BCUT2D eigenvalue weighted by Crippen LogP contribution is -2.57. The van der Waals surface area contributed by atoms with Crippen LogP contribution in [-0.2, 0) is 27.3 Å². The molecule has 19 heteroatoms. The number of amides is 5. The summed E-state index contributed by atoms with van der Waals surface area (Å²) in [5.74, 6) is -2.28. The molecule has 5 fully saturated rings. The minimum Gasteiger partial charge on any atom is -0.341 e. The number of fused-ring (bicyclic) bond motifs is 1. The number of halogens is 3. The number of aromatic amines is 1. The standard InChI is InChI=1S/C57H65F3N10O6/c58-44-12-11-42(49(60)32-44)33-61-34-51(71)70-18-4-7-43(36-70)40-5-3-6-41(31-40)53(73)62-57(16-17-57)56(76)69-23-21-66(22-24-69)35-38-14-19-65(20-15-38)37-52(72)67-25-27-68(28-26-67)55(75)47-29-39(10-13-48(47)59)30-50-45-8-1-2-9-46(45)54(74)64-63-50/h1-3,5-6,8-13,29,31-32,38,43,61H,4,7,14-28,30,33-37H2,(H,62,73)(H,64,74). The Kier molecular flexibility index (Phi) is 16.0. The fraction of sp³-hybridized carbons (Fsp3) is 0.456. The predicted molar refractivity (Wildman–Crippen MR) is 279 cm³/mol. The van der Waals surface area contributed by atoms with Crippen LogP contribution in [0.25, 0.3) is 10.8 Å². The molecule has 1 aliphatic carbocycles. The second-order valence-corrected chi connectivity index (χ2v) is 21.2. The Morgan fingerprint density at radius 1 is 0.684 bits per heavy atom. The van der Waals surface area contributed by atoms with Crippen molar-refractivity contribution >= 4 is 40.3 Å².